The Balaban J connectivity index is 2.10. The van der Waals surface area contributed by atoms with Crippen molar-refractivity contribution in [3.63, 3.8) is 0 Å². The van der Waals surface area contributed by atoms with Gasteiger partial charge in [-0.2, -0.15) is 4.31 Å². The quantitative estimate of drug-likeness (QED) is 0.765. The summed E-state index contributed by atoms with van der Waals surface area (Å²) < 4.78 is 30.0. The molecule has 2 rings (SSSR count). The molecule has 26 heavy (non-hydrogen) atoms. The lowest BCUT2D eigenvalue weighted by Gasteiger charge is -2.35. The molecule has 1 N–H and O–H groups in total. The van der Waals surface area contributed by atoms with E-state index in [0.29, 0.717) is 12.1 Å². The van der Waals surface area contributed by atoms with E-state index in [4.69, 9.17) is 9.84 Å². The van der Waals surface area contributed by atoms with Gasteiger partial charge >= 0.3 is 5.97 Å². The lowest BCUT2D eigenvalue weighted by molar-refractivity contribution is -0.137. The Labute approximate surface area is 153 Å². The van der Waals surface area contributed by atoms with Crippen LogP contribution in [0.4, 0.5) is 0 Å². The molecule has 1 amide bonds. The lowest BCUT2D eigenvalue weighted by Crippen LogP contribution is -2.51. The maximum atomic E-state index is 12.8. The van der Waals surface area contributed by atoms with Crippen LogP contribution < -0.4 is 0 Å². The highest BCUT2D eigenvalue weighted by atomic mass is 32.2. The molecule has 9 heteroatoms. The number of benzene rings is 1. The third kappa shape index (κ3) is 5.52. The van der Waals surface area contributed by atoms with E-state index in [1.54, 1.807) is 4.90 Å². The van der Waals surface area contributed by atoms with Gasteiger partial charge in [0.1, 0.15) is 6.54 Å². The predicted octanol–water partition coefficient (Wildman–Crippen LogP) is 0.491. The van der Waals surface area contributed by atoms with E-state index in [0.717, 1.165) is 21.7 Å². The summed E-state index contributed by atoms with van der Waals surface area (Å²) in [5.41, 5.74) is 2.55. The number of hydrogen-bond acceptors (Lipinski definition) is 5. The van der Waals surface area contributed by atoms with E-state index in [9.17, 15) is 18.0 Å². The van der Waals surface area contributed by atoms with Crippen molar-refractivity contribution in [1.82, 2.24) is 9.21 Å². The molecule has 144 valence electrons. The summed E-state index contributed by atoms with van der Waals surface area (Å²) in [7, 11) is -3.69. The number of nitrogens with zero attached hydrogens (tertiary/aromatic N) is 2. The number of morpholine rings is 1. The lowest BCUT2D eigenvalue weighted by atomic mass is 10.1. The number of carboxylic acid groups (broad SMARTS) is 1. The van der Waals surface area contributed by atoms with Crippen molar-refractivity contribution in [1.29, 1.82) is 0 Å². The SMILES string of the molecule is Cc1cc(C)cc(C(=O)N2CCOC(CN(CC(=O)O)S(C)(=O)=O)C2)c1. The van der Waals surface area contributed by atoms with Gasteiger partial charge in [0, 0.05) is 25.2 Å². The number of rotatable bonds is 6. The van der Waals surface area contributed by atoms with Gasteiger partial charge in [0.25, 0.3) is 5.91 Å². The van der Waals surface area contributed by atoms with Crippen molar-refractivity contribution >= 4 is 21.9 Å². The van der Waals surface area contributed by atoms with Crippen molar-refractivity contribution in [2.45, 2.75) is 20.0 Å². The molecular weight excluding hydrogens is 360 g/mol. The number of hydrogen-bond donors (Lipinski definition) is 1. The second-order valence-electron chi connectivity index (χ2n) is 6.57. The molecule has 1 fully saturated rings. The Hall–Kier alpha value is -1.97. The highest BCUT2D eigenvalue weighted by molar-refractivity contribution is 7.88. The molecule has 1 atom stereocenters. The minimum Gasteiger partial charge on any atom is -0.480 e. The molecule has 0 aliphatic carbocycles. The van der Waals surface area contributed by atoms with Crippen LogP contribution in [0, 0.1) is 13.8 Å². The van der Waals surface area contributed by atoms with Gasteiger partial charge in [-0.05, 0) is 26.0 Å². The number of carbonyl (C=O) groups is 2. The molecule has 0 saturated carbocycles. The number of amides is 1. The first-order valence-electron chi connectivity index (χ1n) is 8.22. The second-order valence-corrected chi connectivity index (χ2v) is 8.55. The molecule has 0 aromatic heterocycles. The first-order valence-corrected chi connectivity index (χ1v) is 10.1. The summed E-state index contributed by atoms with van der Waals surface area (Å²) in [6.45, 7) is 3.97. The van der Waals surface area contributed by atoms with Crippen molar-refractivity contribution in [2.24, 2.45) is 0 Å². The van der Waals surface area contributed by atoms with Gasteiger partial charge in [-0.3, -0.25) is 9.59 Å². The standard InChI is InChI=1S/C17H24N2O6S/c1-12-6-13(2)8-14(7-12)17(22)18-4-5-25-15(9-18)10-19(11-16(20)21)26(3,23)24/h6-8,15H,4-5,9-11H2,1-3H3,(H,20,21). The van der Waals surface area contributed by atoms with Crippen LogP contribution in [-0.4, -0.2) is 79.8 Å². The molecule has 1 unspecified atom stereocenters. The molecule has 0 radical (unpaired) electrons. The van der Waals surface area contributed by atoms with Crippen LogP contribution in [0.2, 0.25) is 0 Å². The molecule has 0 spiro atoms. The topological polar surface area (TPSA) is 104 Å². The third-order valence-electron chi connectivity index (χ3n) is 4.08. The summed E-state index contributed by atoms with van der Waals surface area (Å²) in [5, 5.41) is 8.91. The van der Waals surface area contributed by atoms with Crippen LogP contribution in [0.1, 0.15) is 21.5 Å². The fourth-order valence-electron chi connectivity index (χ4n) is 2.99. The minimum absolute atomic E-state index is 0.109. The van der Waals surface area contributed by atoms with Crippen molar-refractivity contribution in [3.8, 4) is 0 Å². The van der Waals surface area contributed by atoms with Crippen molar-refractivity contribution < 1.29 is 27.9 Å². The Morgan fingerprint density at radius 1 is 1.27 bits per heavy atom. The average Bonchev–Trinajstić information content (AvgIpc) is 2.51. The van der Waals surface area contributed by atoms with E-state index in [-0.39, 0.29) is 25.6 Å². The normalized spacial score (nSPS) is 18.2. The first-order chi connectivity index (χ1) is 12.1. The zero-order chi connectivity index (χ0) is 19.5. The van der Waals surface area contributed by atoms with Crippen LogP contribution in [-0.2, 0) is 19.6 Å². The number of aliphatic carboxylic acids is 1. The predicted molar refractivity (Wildman–Crippen MR) is 95.6 cm³/mol. The summed E-state index contributed by atoms with van der Waals surface area (Å²) in [6.07, 6.45) is 0.379. The van der Waals surface area contributed by atoms with Crippen molar-refractivity contribution in [2.75, 3.05) is 39.0 Å². The maximum absolute atomic E-state index is 12.8. The van der Waals surface area contributed by atoms with Gasteiger partial charge in [-0.1, -0.05) is 17.2 Å². The monoisotopic (exact) mass is 384 g/mol. The van der Waals surface area contributed by atoms with Gasteiger partial charge in [0.15, 0.2) is 0 Å². The van der Waals surface area contributed by atoms with E-state index in [2.05, 4.69) is 0 Å². The second kappa shape index (κ2) is 8.15. The molecule has 8 nitrogen and oxygen atoms in total. The van der Waals surface area contributed by atoms with Crippen LogP contribution in [0.25, 0.3) is 0 Å². The Morgan fingerprint density at radius 2 is 1.88 bits per heavy atom. The molecule has 1 aromatic rings. The summed E-state index contributed by atoms with van der Waals surface area (Å²) >= 11 is 0. The van der Waals surface area contributed by atoms with Gasteiger partial charge in [-0.25, -0.2) is 8.42 Å². The number of carbonyl (C=O) groups excluding carboxylic acids is 1. The number of carboxylic acids is 1. The Morgan fingerprint density at radius 3 is 2.42 bits per heavy atom. The number of ether oxygens (including phenoxy) is 1. The van der Waals surface area contributed by atoms with Gasteiger partial charge in [-0.15, -0.1) is 0 Å². The van der Waals surface area contributed by atoms with Gasteiger partial charge < -0.3 is 14.7 Å². The molecule has 0 bridgehead atoms. The molecule has 1 heterocycles. The summed E-state index contributed by atoms with van der Waals surface area (Å²) in [5.74, 6) is -1.39. The van der Waals surface area contributed by atoms with Crippen molar-refractivity contribution in [3.05, 3.63) is 34.9 Å². The largest absolute Gasteiger partial charge is 0.480 e. The average molecular weight is 384 g/mol. The smallest absolute Gasteiger partial charge is 0.318 e. The molecular formula is C17H24N2O6S. The Kier molecular flexibility index (Phi) is 6.38. The highest BCUT2D eigenvalue weighted by Gasteiger charge is 2.30. The van der Waals surface area contributed by atoms with E-state index in [1.165, 1.54) is 0 Å². The van der Waals surface area contributed by atoms with E-state index < -0.39 is 28.6 Å². The molecule has 1 aliphatic heterocycles. The fourth-order valence-corrected chi connectivity index (χ4v) is 3.77. The molecule has 1 aliphatic rings. The van der Waals surface area contributed by atoms with E-state index >= 15 is 0 Å². The maximum Gasteiger partial charge on any atom is 0.318 e. The fraction of sp³-hybridized carbons (Fsp3) is 0.529. The third-order valence-corrected chi connectivity index (χ3v) is 5.30. The van der Waals surface area contributed by atoms with Crippen LogP contribution in [0.3, 0.4) is 0 Å². The molecule has 1 aromatic carbocycles. The summed E-state index contributed by atoms with van der Waals surface area (Å²) in [4.78, 5) is 25.3. The zero-order valence-electron chi connectivity index (χ0n) is 15.1. The van der Waals surface area contributed by atoms with E-state index in [1.807, 2.05) is 32.0 Å². The number of aryl methyl sites for hydroxylation is 2. The molecule has 1 saturated heterocycles. The van der Waals surface area contributed by atoms with Crippen LogP contribution in [0.15, 0.2) is 18.2 Å². The van der Waals surface area contributed by atoms with Crippen LogP contribution in [0.5, 0.6) is 0 Å². The number of sulfonamides is 1. The Bertz CT molecular complexity index is 772. The zero-order valence-corrected chi connectivity index (χ0v) is 16.0. The van der Waals surface area contributed by atoms with Gasteiger partial charge in [0.2, 0.25) is 10.0 Å². The highest BCUT2D eigenvalue weighted by Crippen LogP contribution is 2.15. The first kappa shape index (κ1) is 20.3. The minimum atomic E-state index is -3.69. The van der Waals surface area contributed by atoms with Gasteiger partial charge in [0.05, 0.1) is 19.0 Å². The van der Waals surface area contributed by atoms with Crippen LogP contribution >= 0.6 is 0 Å². The summed E-state index contributed by atoms with van der Waals surface area (Å²) in [6, 6.07) is 5.61.